The van der Waals surface area contributed by atoms with Crippen LogP contribution in [0, 0.1) is 5.41 Å². The van der Waals surface area contributed by atoms with E-state index in [9.17, 15) is 29.7 Å². The van der Waals surface area contributed by atoms with E-state index < -0.39 is 49.1 Å². The molecule has 0 spiro atoms. The van der Waals surface area contributed by atoms with Gasteiger partial charge in [-0.25, -0.2) is 14.4 Å². The zero-order chi connectivity index (χ0) is 20.7. The molecule has 0 rings (SSSR count). The van der Waals surface area contributed by atoms with Gasteiger partial charge in [0.05, 0.1) is 19.8 Å². The smallest absolute Gasteiger partial charge is 0.395 e. The first-order valence-electron chi connectivity index (χ1n) is 7.41. The highest BCUT2D eigenvalue weighted by Crippen LogP contribution is 2.38. The minimum atomic E-state index is -3.01. The molecule has 0 atom stereocenters. The highest BCUT2D eigenvalue weighted by atomic mass is 16.9. The van der Waals surface area contributed by atoms with E-state index in [1.165, 1.54) is 20.8 Å². The second kappa shape index (κ2) is 9.27. The Bertz CT molecular complexity index is 536. The summed E-state index contributed by atoms with van der Waals surface area (Å²) in [6.07, 6.45) is 0. The van der Waals surface area contributed by atoms with E-state index in [1.807, 2.05) is 0 Å². The molecule has 0 aromatic rings. The third-order valence-corrected chi connectivity index (χ3v) is 3.28. The van der Waals surface area contributed by atoms with Crippen LogP contribution in [0.15, 0.2) is 36.5 Å². The molecule has 0 aliphatic heterocycles. The van der Waals surface area contributed by atoms with Crippen LogP contribution in [0.3, 0.4) is 0 Å². The fourth-order valence-electron chi connectivity index (χ4n) is 1.46. The van der Waals surface area contributed by atoms with Crippen molar-refractivity contribution >= 4 is 17.9 Å². The SMILES string of the molecule is C=C(C)C(=O)OC(OC(=O)C(=C)C)(OC(=O)C(=C)C)C(CO)(CO)CO. The number of ether oxygens (including phenoxy) is 3. The lowest BCUT2D eigenvalue weighted by Crippen LogP contribution is -2.62. The molecule has 0 radical (unpaired) electrons. The number of hydrogen-bond donors (Lipinski definition) is 3. The van der Waals surface area contributed by atoms with Crippen molar-refractivity contribution < 1.29 is 43.9 Å². The Morgan fingerprint density at radius 3 is 1.08 bits per heavy atom. The maximum absolute atomic E-state index is 12.1. The summed E-state index contributed by atoms with van der Waals surface area (Å²) in [6, 6.07) is 0. The van der Waals surface area contributed by atoms with Crippen LogP contribution in [-0.2, 0) is 28.6 Å². The third-order valence-electron chi connectivity index (χ3n) is 3.28. The van der Waals surface area contributed by atoms with Crippen LogP contribution in [0.4, 0.5) is 0 Å². The van der Waals surface area contributed by atoms with Gasteiger partial charge in [0, 0.05) is 16.7 Å². The van der Waals surface area contributed by atoms with Gasteiger partial charge in [-0.3, -0.25) is 0 Å². The van der Waals surface area contributed by atoms with Crippen molar-refractivity contribution in [1.82, 2.24) is 0 Å². The predicted octanol–water partition coefficient (Wildman–Crippen LogP) is -0.0386. The fourth-order valence-corrected chi connectivity index (χ4v) is 1.46. The molecule has 0 aromatic carbocycles. The molecule has 3 N–H and O–H groups in total. The number of carbonyl (C=O) groups excluding carboxylic acids is 3. The van der Waals surface area contributed by atoms with Crippen LogP contribution < -0.4 is 0 Å². The molecule has 0 bridgehead atoms. The standard InChI is InChI=1S/C17H24O9/c1-10(2)13(21)24-17(25-14(22)11(3)4,26-15(23)12(5)6)16(7-18,8-19)9-20/h18-20H,1,3,5,7-9H2,2,4,6H3. The maximum atomic E-state index is 12.1. The maximum Gasteiger partial charge on any atom is 0.437 e. The number of esters is 3. The summed E-state index contributed by atoms with van der Waals surface area (Å²) in [6.45, 7) is 10.6. The second-order valence-corrected chi connectivity index (χ2v) is 5.82. The van der Waals surface area contributed by atoms with Crippen molar-refractivity contribution in [2.75, 3.05) is 19.8 Å². The molecule has 0 fully saturated rings. The van der Waals surface area contributed by atoms with Gasteiger partial charge in [0.25, 0.3) is 0 Å². The average molecular weight is 372 g/mol. The van der Waals surface area contributed by atoms with E-state index >= 15 is 0 Å². The molecule has 0 heterocycles. The van der Waals surface area contributed by atoms with Crippen molar-refractivity contribution in [3.05, 3.63) is 36.5 Å². The van der Waals surface area contributed by atoms with Crippen molar-refractivity contribution in [2.24, 2.45) is 5.41 Å². The van der Waals surface area contributed by atoms with Gasteiger partial charge in [-0.05, 0) is 20.8 Å². The van der Waals surface area contributed by atoms with E-state index in [2.05, 4.69) is 19.7 Å². The molecule has 9 nitrogen and oxygen atoms in total. The molecule has 0 aromatic heterocycles. The molecule has 0 unspecified atom stereocenters. The van der Waals surface area contributed by atoms with Crippen LogP contribution in [0.5, 0.6) is 0 Å². The zero-order valence-electron chi connectivity index (χ0n) is 15.0. The first-order valence-corrected chi connectivity index (χ1v) is 7.41. The van der Waals surface area contributed by atoms with Gasteiger partial charge in [0.1, 0.15) is 0 Å². The quantitative estimate of drug-likeness (QED) is 0.274. The topological polar surface area (TPSA) is 140 Å². The number of carbonyl (C=O) groups is 3. The minimum absolute atomic E-state index is 0.171. The van der Waals surface area contributed by atoms with E-state index in [1.54, 1.807) is 0 Å². The molecule has 0 aliphatic carbocycles. The van der Waals surface area contributed by atoms with Crippen molar-refractivity contribution in [3.63, 3.8) is 0 Å². The molecule has 26 heavy (non-hydrogen) atoms. The molecule has 0 saturated heterocycles. The predicted molar refractivity (Wildman–Crippen MR) is 89.1 cm³/mol. The minimum Gasteiger partial charge on any atom is -0.395 e. The molecule has 0 amide bonds. The first kappa shape index (κ1) is 23.5. The molecule has 0 saturated carbocycles. The van der Waals surface area contributed by atoms with Gasteiger partial charge in [0.2, 0.25) is 0 Å². The summed E-state index contributed by atoms with van der Waals surface area (Å²) in [5, 5.41) is 29.1. The second-order valence-electron chi connectivity index (χ2n) is 5.82. The number of rotatable bonds is 10. The van der Waals surface area contributed by atoms with Crippen molar-refractivity contribution in [3.8, 4) is 0 Å². The average Bonchev–Trinajstić information content (AvgIpc) is 2.56. The summed E-state index contributed by atoms with van der Waals surface area (Å²) < 4.78 is 15.0. The van der Waals surface area contributed by atoms with Gasteiger partial charge in [0.15, 0.2) is 5.41 Å². The summed E-state index contributed by atoms with van der Waals surface area (Å²) in [4.78, 5) is 36.2. The largest absolute Gasteiger partial charge is 0.437 e. The third kappa shape index (κ3) is 5.01. The Morgan fingerprint density at radius 2 is 0.923 bits per heavy atom. The summed E-state index contributed by atoms with van der Waals surface area (Å²) in [5.74, 6) is -6.52. The van der Waals surface area contributed by atoms with Crippen LogP contribution >= 0.6 is 0 Å². The van der Waals surface area contributed by atoms with Crippen LogP contribution in [0.1, 0.15) is 20.8 Å². The lowest BCUT2D eigenvalue weighted by molar-refractivity contribution is -0.389. The Kier molecular flexibility index (Phi) is 8.39. The summed E-state index contributed by atoms with van der Waals surface area (Å²) in [7, 11) is 0. The van der Waals surface area contributed by atoms with Gasteiger partial charge in [-0.1, -0.05) is 19.7 Å². The molecule has 146 valence electrons. The van der Waals surface area contributed by atoms with Gasteiger partial charge in [-0.2, -0.15) is 0 Å². The molecular weight excluding hydrogens is 348 g/mol. The Hall–Kier alpha value is -2.49. The Morgan fingerprint density at radius 1 is 0.692 bits per heavy atom. The van der Waals surface area contributed by atoms with E-state index in [0.717, 1.165) is 0 Å². The highest BCUT2D eigenvalue weighted by molar-refractivity contribution is 5.90. The number of hydrogen-bond acceptors (Lipinski definition) is 9. The number of aliphatic hydroxyl groups is 3. The summed E-state index contributed by atoms with van der Waals surface area (Å²) >= 11 is 0. The lowest BCUT2D eigenvalue weighted by Gasteiger charge is -2.43. The van der Waals surface area contributed by atoms with Crippen molar-refractivity contribution in [2.45, 2.75) is 26.7 Å². The van der Waals surface area contributed by atoms with E-state index in [0.29, 0.717) is 0 Å². The van der Waals surface area contributed by atoms with Gasteiger partial charge < -0.3 is 29.5 Å². The van der Waals surface area contributed by atoms with Gasteiger partial charge >= 0.3 is 23.9 Å². The summed E-state index contributed by atoms with van der Waals surface area (Å²) in [5.41, 5.74) is -2.81. The highest BCUT2D eigenvalue weighted by Gasteiger charge is 2.62. The zero-order valence-corrected chi connectivity index (χ0v) is 15.0. The molecule has 9 heteroatoms. The molecule has 0 aliphatic rings. The van der Waals surface area contributed by atoms with Crippen molar-refractivity contribution in [1.29, 1.82) is 0 Å². The Balaban J connectivity index is 6.55. The molecular formula is C17H24O9. The van der Waals surface area contributed by atoms with E-state index in [4.69, 9.17) is 14.2 Å². The van der Waals surface area contributed by atoms with Crippen LogP contribution in [0.25, 0.3) is 0 Å². The van der Waals surface area contributed by atoms with Gasteiger partial charge in [-0.15, -0.1) is 0 Å². The van der Waals surface area contributed by atoms with Crippen LogP contribution in [0.2, 0.25) is 0 Å². The Labute approximate surface area is 151 Å². The van der Waals surface area contributed by atoms with E-state index in [-0.39, 0.29) is 16.7 Å². The number of aliphatic hydroxyl groups excluding tert-OH is 3. The lowest BCUT2D eigenvalue weighted by atomic mass is 9.87. The fraction of sp³-hybridized carbons (Fsp3) is 0.471. The monoisotopic (exact) mass is 372 g/mol. The van der Waals surface area contributed by atoms with Crippen LogP contribution in [-0.4, -0.2) is 59.0 Å². The first-order chi connectivity index (χ1) is 11.9. The normalized spacial score (nSPS) is 11.3.